The number of aliphatic hydroxyl groups excluding tert-OH is 3. The van der Waals surface area contributed by atoms with Gasteiger partial charge < -0.3 is 15.3 Å². The van der Waals surface area contributed by atoms with Gasteiger partial charge in [-0.2, -0.15) is 0 Å². The number of aliphatic hydroxyl groups is 3. The first-order chi connectivity index (χ1) is 14.2. The van der Waals surface area contributed by atoms with E-state index in [4.69, 9.17) is 0 Å². The van der Waals surface area contributed by atoms with Crippen LogP contribution in [-0.4, -0.2) is 33.6 Å². The lowest BCUT2D eigenvalue weighted by Crippen LogP contribution is -2.65. The molecule has 3 heteroatoms. The highest BCUT2D eigenvalue weighted by Crippen LogP contribution is 2.69. The molecule has 4 fully saturated rings. The Balaban J connectivity index is 1.68. The molecule has 0 heterocycles. The Hall–Kier alpha value is -0.120. The summed E-state index contributed by atoms with van der Waals surface area (Å²) in [4.78, 5) is 0. The molecule has 4 saturated carbocycles. The van der Waals surface area contributed by atoms with Gasteiger partial charge in [-0.05, 0) is 90.8 Å². The molecule has 0 aromatic heterocycles. The molecule has 0 amide bonds. The maximum Gasteiger partial charge on any atom is 0.0605 e. The minimum atomic E-state index is -0.273. The number of hydrogen-bond acceptors (Lipinski definition) is 3. The van der Waals surface area contributed by atoms with Gasteiger partial charge in [0.05, 0.1) is 18.3 Å². The molecule has 0 aromatic carbocycles. The van der Waals surface area contributed by atoms with E-state index < -0.39 is 0 Å². The van der Waals surface area contributed by atoms with E-state index in [-0.39, 0.29) is 29.1 Å². The van der Waals surface area contributed by atoms with Crippen LogP contribution in [0.2, 0.25) is 0 Å². The predicted molar refractivity (Wildman–Crippen MR) is 122 cm³/mol. The summed E-state index contributed by atoms with van der Waals surface area (Å²) in [5.41, 5.74) is 0.100. The summed E-state index contributed by atoms with van der Waals surface area (Å²) < 4.78 is 0. The first-order valence-electron chi connectivity index (χ1n) is 13.2. The van der Waals surface area contributed by atoms with Gasteiger partial charge in [-0.25, -0.2) is 0 Å². The average Bonchev–Trinajstić information content (AvgIpc) is 3.07. The summed E-state index contributed by atoms with van der Waals surface area (Å²) in [5, 5.41) is 33.8. The summed E-state index contributed by atoms with van der Waals surface area (Å²) in [6, 6.07) is 0. The maximum atomic E-state index is 11.8. The van der Waals surface area contributed by atoms with Crippen LogP contribution in [0, 0.1) is 52.3 Å². The highest BCUT2D eigenvalue weighted by atomic mass is 16.3. The first-order valence-corrected chi connectivity index (χ1v) is 13.2. The number of rotatable bonds is 5. The maximum absolute atomic E-state index is 11.8. The zero-order valence-electron chi connectivity index (χ0n) is 20.2. The molecule has 4 aliphatic carbocycles. The SMILES string of the molecule is CCCC[C@@H](C)[C@H]1CCC2C3C(C[C@H](O)[C@@]21C)[C@@]1(C)CC[C@@H](O)C[C@H]1[C@@H](CC)[C@H]3O. The van der Waals surface area contributed by atoms with Crippen LogP contribution in [0.5, 0.6) is 0 Å². The third kappa shape index (κ3) is 3.24. The monoisotopic (exact) mass is 420 g/mol. The summed E-state index contributed by atoms with van der Waals surface area (Å²) in [6.45, 7) is 11.7. The van der Waals surface area contributed by atoms with Crippen molar-refractivity contribution in [1.29, 1.82) is 0 Å². The van der Waals surface area contributed by atoms with Crippen LogP contribution >= 0.6 is 0 Å². The summed E-state index contributed by atoms with van der Waals surface area (Å²) >= 11 is 0. The Morgan fingerprint density at radius 1 is 0.933 bits per heavy atom. The summed E-state index contributed by atoms with van der Waals surface area (Å²) in [5.74, 6) is 3.07. The molecule has 3 unspecified atom stereocenters. The van der Waals surface area contributed by atoms with E-state index in [1.807, 2.05) is 0 Å². The molecule has 0 radical (unpaired) electrons. The molecule has 4 rings (SSSR count). The van der Waals surface area contributed by atoms with Crippen LogP contribution in [0.1, 0.15) is 98.8 Å². The van der Waals surface area contributed by atoms with Crippen molar-refractivity contribution in [3.05, 3.63) is 0 Å². The Bertz CT molecular complexity index is 607. The third-order valence-electron chi connectivity index (χ3n) is 11.3. The second kappa shape index (κ2) is 8.34. The van der Waals surface area contributed by atoms with Crippen LogP contribution in [0.4, 0.5) is 0 Å². The molecule has 0 aliphatic heterocycles. The molecule has 3 N–H and O–H groups in total. The minimum absolute atomic E-state index is 0.0506. The van der Waals surface area contributed by atoms with E-state index in [0.717, 1.165) is 32.1 Å². The Kier molecular flexibility index (Phi) is 6.41. The lowest BCUT2D eigenvalue weighted by molar-refractivity contribution is -0.228. The average molecular weight is 421 g/mol. The number of fused-ring (bicyclic) bond motifs is 5. The Labute approximate surface area is 185 Å². The van der Waals surface area contributed by atoms with Gasteiger partial charge in [-0.3, -0.25) is 0 Å². The quantitative estimate of drug-likeness (QED) is 0.557. The predicted octanol–water partition coefficient (Wildman–Crippen LogP) is 5.41. The molecule has 174 valence electrons. The van der Waals surface area contributed by atoms with Gasteiger partial charge in [0.25, 0.3) is 0 Å². The van der Waals surface area contributed by atoms with E-state index in [2.05, 4.69) is 34.6 Å². The van der Waals surface area contributed by atoms with Crippen molar-refractivity contribution in [2.24, 2.45) is 52.3 Å². The number of hydrogen-bond donors (Lipinski definition) is 3. The molecule has 0 saturated heterocycles. The van der Waals surface area contributed by atoms with Crippen molar-refractivity contribution in [2.45, 2.75) is 117 Å². The van der Waals surface area contributed by atoms with Crippen LogP contribution in [0.25, 0.3) is 0 Å². The van der Waals surface area contributed by atoms with Gasteiger partial charge in [0.1, 0.15) is 0 Å². The van der Waals surface area contributed by atoms with Crippen molar-refractivity contribution in [1.82, 2.24) is 0 Å². The molecule has 0 aromatic rings. The molecule has 12 atom stereocenters. The molecule has 0 bridgehead atoms. The fraction of sp³-hybridized carbons (Fsp3) is 1.00. The number of unbranched alkanes of at least 4 members (excludes halogenated alkanes) is 1. The minimum Gasteiger partial charge on any atom is -0.393 e. The van der Waals surface area contributed by atoms with Gasteiger partial charge in [0.2, 0.25) is 0 Å². The van der Waals surface area contributed by atoms with Crippen LogP contribution in [-0.2, 0) is 0 Å². The van der Waals surface area contributed by atoms with Gasteiger partial charge in [-0.1, -0.05) is 60.3 Å². The zero-order valence-corrected chi connectivity index (χ0v) is 20.2. The molecule has 0 spiro atoms. The summed E-state index contributed by atoms with van der Waals surface area (Å²) in [7, 11) is 0. The highest BCUT2D eigenvalue weighted by molar-refractivity contribution is 5.15. The second-order valence-corrected chi connectivity index (χ2v) is 12.3. The molecule has 4 aliphatic rings. The van der Waals surface area contributed by atoms with Crippen molar-refractivity contribution in [3.63, 3.8) is 0 Å². The fourth-order valence-corrected chi connectivity index (χ4v) is 9.62. The van der Waals surface area contributed by atoms with Crippen molar-refractivity contribution in [3.8, 4) is 0 Å². The second-order valence-electron chi connectivity index (χ2n) is 12.3. The van der Waals surface area contributed by atoms with Crippen molar-refractivity contribution >= 4 is 0 Å². The summed E-state index contributed by atoms with van der Waals surface area (Å²) in [6.07, 6.45) is 10.1. The van der Waals surface area contributed by atoms with Crippen molar-refractivity contribution in [2.75, 3.05) is 0 Å². The van der Waals surface area contributed by atoms with Crippen LogP contribution < -0.4 is 0 Å². The lowest BCUT2D eigenvalue weighted by Gasteiger charge is -2.65. The Morgan fingerprint density at radius 3 is 2.33 bits per heavy atom. The standard InChI is InChI=1S/C27H48O3/c1-6-8-9-16(3)19-10-11-20-24-22(15-23(29)27(19,20)5)26(4)13-12-17(28)14-21(26)18(7-2)25(24)30/h16-25,28-30H,6-15H2,1-5H3/t16-,17-,18-,19-,20?,21+,22?,23+,24?,25-,26+,27-/m1/s1. The molecular formula is C27H48O3. The molecule has 30 heavy (non-hydrogen) atoms. The van der Waals surface area contributed by atoms with Crippen LogP contribution in [0.3, 0.4) is 0 Å². The highest BCUT2D eigenvalue weighted by Gasteiger charge is 2.67. The van der Waals surface area contributed by atoms with Crippen LogP contribution in [0.15, 0.2) is 0 Å². The van der Waals surface area contributed by atoms with Gasteiger partial charge >= 0.3 is 0 Å². The van der Waals surface area contributed by atoms with E-state index in [1.54, 1.807) is 0 Å². The van der Waals surface area contributed by atoms with E-state index in [0.29, 0.717) is 41.4 Å². The lowest BCUT2D eigenvalue weighted by atomic mass is 9.41. The van der Waals surface area contributed by atoms with Crippen molar-refractivity contribution < 1.29 is 15.3 Å². The van der Waals surface area contributed by atoms with Gasteiger partial charge in [0, 0.05) is 0 Å². The zero-order chi connectivity index (χ0) is 21.8. The van der Waals surface area contributed by atoms with Gasteiger partial charge in [0.15, 0.2) is 0 Å². The first kappa shape index (κ1) is 23.1. The smallest absolute Gasteiger partial charge is 0.0605 e. The normalized spacial score (nSPS) is 54.2. The Morgan fingerprint density at radius 2 is 1.67 bits per heavy atom. The molecule has 3 nitrogen and oxygen atoms in total. The molecular weight excluding hydrogens is 372 g/mol. The van der Waals surface area contributed by atoms with E-state index in [1.165, 1.54) is 32.1 Å². The topological polar surface area (TPSA) is 60.7 Å². The van der Waals surface area contributed by atoms with E-state index in [9.17, 15) is 15.3 Å². The van der Waals surface area contributed by atoms with Gasteiger partial charge in [-0.15, -0.1) is 0 Å². The third-order valence-corrected chi connectivity index (χ3v) is 11.3. The van der Waals surface area contributed by atoms with E-state index >= 15 is 0 Å². The fourth-order valence-electron chi connectivity index (χ4n) is 9.62. The largest absolute Gasteiger partial charge is 0.393 e.